The first-order valence-electron chi connectivity index (χ1n) is 6.41. The van der Waals surface area contributed by atoms with Crippen LogP contribution in [0.4, 0.5) is 0 Å². The molecule has 0 aromatic carbocycles. The van der Waals surface area contributed by atoms with Crippen molar-refractivity contribution in [3.8, 4) is 0 Å². The Morgan fingerprint density at radius 3 is 2.60 bits per heavy atom. The van der Waals surface area contributed by atoms with Crippen LogP contribution in [0.3, 0.4) is 0 Å². The van der Waals surface area contributed by atoms with E-state index in [0.29, 0.717) is 6.04 Å². The van der Waals surface area contributed by atoms with Crippen LogP contribution in [0.25, 0.3) is 0 Å². The van der Waals surface area contributed by atoms with Crippen LogP contribution in [0.2, 0.25) is 10.6 Å². The van der Waals surface area contributed by atoms with Gasteiger partial charge in [0.25, 0.3) is 0 Å². The van der Waals surface area contributed by atoms with Crippen LogP contribution in [-0.2, 0) is 3.83 Å². The number of rotatable bonds is 8. The van der Waals surface area contributed by atoms with Crippen LogP contribution in [-0.4, -0.2) is 26.4 Å². The first-order chi connectivity index (χ1) is 7.33. The average Bonchev–Trinajstić information content (AvgIpc) is 2.63. The molecule has 15 heavy (non-hydrogen) atoms. The molecule has 2 atom stereocenters. The maximum atomic E-state index is 11.2. The molecule has 2 nitrogen and oxygen atoms in total. The Bertz CT molecular complexity index is 184. The van der Waals surface area contributed by atoms with Crippen molar-refractivity contribution in [3.63, 3.8) is 0 Å². The average molecular weight is 278 g/mol. The zero-order valence-corrected chi connectivity index (χ0v) is 11.7. The molecule has 1 aliphatic heterocycles. The van der Waals surface area contributed by atoms with Gasteiger partial charge in [0.05, 0.1) is 0 Å². The van der Waals surface area contributed by atoms with Gasteiger partial charge in [-0.05, 0) is 0 Å². The second-order valence-corrected chi connectivity index (χ2v) is 7.92. The van der Waals surface area contributed by atoms with Gasteiger partial charge in [0.2, 0.25) is 0 Å². The minimum absolute atomic E-state index is 0.586. The zero-order valence-electron chi connectivity index (χ0n) is 9.96. The zero-order chi connectivity index (χ0) is 10.9. The predicted octanol–water partition coefficient (Wildman–Crippen LogP) is 3.13. The molecule has 1 rings (SSSR count). The Morgan fingerprint density at radius 2 is 1.93 bits per heavy atom. The van der Waals surface area contributed by atoms with Gasteiger partial charge in [-0.3, -0.25) is 0 Å². The second-order valence-electron chi connectivity index (χ2n) is 4.52. The van der Waals surface area contributed by atoms with Crippen molar-refractivity contribution in [1.29, 1.82) is 0 Å². The summed E-state index contributed by atoms with van der Waals surface area (Å²) in [4.78, 5) is 0. The monoisotopic (exact) mass is 279 g/mol. The van der Waals surface area contributed by atoms with Crippen molar-refractivity contribution in [2.24, 2.45) is 0 Å². The number of nitrogens with one attached hydrogen (secondary N) is 1. The van der Waals surface area contributed by atoms with Crippen LogP contribution in [0.15, 0.2) is 0 Å². The molecule has 0 aromatic heterocycles. The molecule has 0 aliphatic carbocycles. The molecule has 0 radical (unpaired) electrons. The van der Waals surface area contributed by atoms with Gasteiger partial charge < -0.3 is 0 Å². The number of hydrogen-bond acceptors (Lipinski definition) is 2. The fraction of sp³-hybridized carbons (Fsp3) is 1.00. The molecular formula is C12H25NOSe. The molecule has 90 valence electrons. The van der Waals surface area contributed by atoms with Crippen LogP contribution in [0.1, 0.15) is 51.9 Å². The molecule has 1 unspecified atom stereocenters. The third-order valence-electron chi connectivity index (χ3n) is 3.04. The standard InChI is InChI=1S/C12H25NOSe/c1-2-3-4-5-6-7-9-13-12-8-10-15(14)11-12/h12-13H,2-11H2,1H3/t12-,15?/m0/s1. The molecule has 0 aromatic rings. The summed E-state index contributed by atoms with van der Waals surface area (Å²) in [5.74, 6) is 0. The fourth-order valence-electron chi connectivity index (χ4n) is 2.04. The van der Waals surface area contributed by atoms with E-state index in [1.54, 1.807) is 0 Å². The minimum atomic E-state index is -1.37. The van der Waals surface area contributed by atoms with Gasteiger partial charge in [0, 0.05) is 0 Å². The van der Waals surface area contributed by atoms with Crippen LogP contribution < -0.4 is 5.32 Å². The van der Waals surface area contributed by atoms with Gasteiger partial charge in [-0.25, -0.2) is 0 Å². The molecule has 1 aliphatic rings. The Kier molecular flexibility index (Phi) is 7.50. The quantitative estimate of drug-likeness (QED) is 0.546. The molecule has 0 bridgehead atoms. The first kappa shape index (κ1) is 13.3. The summed E-state index contributed by atoms with van der Waals surface area (Å²) >= 11 is -1.37. The summed E-state index contributed by atoms with van der Waals surface area (Å²) in [6.45, 7) is 3.39. The Labute approximate surface area is 98.3 Å². The molecule has 0 spiro atoms. The molecule has 3 heteroatoms. The topological polar surface area (TPSA) is 29.1 Å². The van der Waals surface area contributed by atoms with Crippen LogP contribution in [0.5, 0.6) is 0 Å². The van der Waals surface area contributed by atoms with E-state index in [-0.39, 0.29) is 0 Å². The third-order valence-corrected chi connectivity index (χ3v) is 6.12. The van der Waals surface area contributed by atoms with Crippen molar-refractivity contribution in [1.82, 2.24) is 5.32 Å². The van der Waals surface area contributed by atoms with E-state index in [2.05, 4.69) is 12.2 Å². The Balaban J connectivity index is 1.83. The molecular weight excluding hydrogens is 253 g/mol. The molecule has 1 fully saturated rings. The van der Waals surface area contributed by atoms with E-state index in [0.717, 1.165) is 23.6 Å². The Hall–Kier alpha value is 0.279. The van der Waals surface area contributed by atoms with Gasteiger partial charge in [-0.2, -0.15) is 0 Å². The van der Waals surface area contributed by atoms with Crippen LogP contribution >= 0.6 is 0 Å². The molecule has 1 saturated heterocycles. The molecule has 1 N–H and O–H groups in total. The van der Waals surface area contributed by atoms with Crippen LogP contribution in [0, 0.1) is 0 Å². The predicted molar refractivity (Wildman–Crippen MR) is 65.8 cm³/mol. The SMILES string of the molecule is CCCCCCCCN[C@H]1CC[Se](=O)C1. The van der Waals surface area contributed by atoms with Crippen molar-refractivity contribution >= 4 is 13.8 Å². The maximum absolute atomic E-state index is 11.2. The summed E-state index contributed by atoms with van der Waals surface area (Å²) in [6.07, 6.45) is 9.31. The van der Waals surface area contributed by atoms with Gasteiger partial charge in [0.1, 0.15) is 0 Å². The second kappa shape index (κ2) is 8.43. The molecule has 0 saturated carbocycles. The van der Waals surface area contributed by atoms with E-state index in [9.17, 15) is 3.83 Å². The molecule has 1 heterocycles. The fourth-order valence-corrected chi connectivity index (χ4v) is 5.07. The van der Waals surface area contributed by atoms with Gasteiger partial charge >= 0.3 is 98.1 Å². The van der Waals surface area contributed by atoms with E-state index >= 15 is 0 Å². The van der Waals surface area contributed by atoms with Gasteiger partial charge in [0.15, 0.2) is 0 Å². The number of hydrogen-bond donors (Lipinski definition) is 1. The summed E-state index contributed by atoms with van der Waals surface area (Å²) in [6, 6.07) is 0.586. The number of unbranched alkanes of at least 4 members (excludes halogenated alkanes) is 5. The van der Waals surface area contributed by atoms with E-state index in [1.165, 1.54) is 38.5 Å². The first-order valence-corrected chi connectivity index (χ1v) is 9.53. The van der Waals surface area contributed by atoms with Crippen molar-refractivity contribution in [2.75, 3.05) is 6.54 Å². The van der Waals surface area contributed by atoms with E-state index in [4.69, 9.17) is 0 Å². The molecule has 0 amide bonds. The third kappa shape index (κ3) is 6.44. The van der Waals surface area contributed by atoms with E-state index in [1.807, 2.05) is 0 Å². The summed E-state index contributed by atoms with van der Waals surface area (Å²) in [5.41, 5.74) is 0. The van der Waals surface area contributed by atoms with Gasteiger partial charge in [-0.1, -0.05) is 0 Å². The van der Waals surface area contributed by atoms with Crippen molar-refractivity contribution in [3.05, 3.63) is 0 Å². The van der Waals surface area contributed by atoms with E-state index < -0.39 is 13.8 Å². The van der Waals surface area contributed by atoms with Gasteiger partial charge in [-0.15, -0.1) is 0 Å². The summed E-state index contributed by atoms with van der Waals surface area (Å²) in [7, 11) is 0. The normalized spacial score (nSPS) is 25.9. The Morgan fingerprint density at radius 1 is 1.20 bits per heavy atom. The summed E-state index contributed by atoms with van der Waals surface area (Å²) < 4.78 is 11.2. The summed E-state index contributed by atoms with van der Waals surface area (Å²) in [5, 5.41) is 5.52. The van der Waals surface area contributed by atoms with Crippen molar-refractivity contribution in [2.45, 2.75) is 68.5 Å². The van der Waals surface area contributed by atoms with Crippen molar-refractivity contribution < 1.29 is 3.83 Å².